The largest absolute Gasteiger partial charge is 0.457 e. The van der Waals surface area contributed by atoms with Crippen LogP contribution in [0, 0.1) is 12.3 Å². The Labute approximate surface area is 122 Å². The lowest BCUT2D eigenvalue weighted by Crippen LogP contribution is -2.12. The van der Waals surface area contributed by atoms with E-state index in [1.807, 2.05) is 55.5 Å². The standard InChI is InChI=1S/C17H15N3O/c1-11-4-7-16(14(9-11)17(18)19)21-13-6-5-12-3-2-8-20-15(12)10-13/h2-10H,1H3,(H3,18,19). The van der Waals surface area contributed by atoms with Crippen molar-refractivity contribution in [1.29, 1.82) is 5.41 Å². The number of benzene rings is 2. The van der Waals surface area contributed by atoms with Gasteiger partial charge in [-0.05, 0) is 37.3 Å². The van der Waals surface area contributed by atoms with Crippen molar-refractivity contribution in [3.05, 3.63) is 65.9 Å². The second-order valence-electron chi connectivity index (χ2n) is 4.87. The Morgan fingerprint density at radius 3 is 2.81 bits per heavy atom. The van der Waals surface area contributed by atoms with Crippen LogP contribution in [-0.2, 0) is 0 Å². The molecule has 1 heterocycles. The second kappa shape index (κ2) is 5.25. The molecule has 0 radical (unpaired) electrons. The van der Waals surface area contributed by atoms with Gasteiger partial charge in [0.2, 0.25) is 0 Å². The Morgan fingerprint density at radius 2 is 2.00 bits per heavy atom. The molecule has 3 N–H and O–H groups in total. The zero-order chi connectivity index (χ0) is 14.8. The normalized spacial score (nSPS) is 10.5. The molecule has 0 unspecified atom stereocenters. The minimum atomic E-state index is -0.00684. The average Bonchev–Trinajstić information content (AvgIpc) is 2.49. The molecule has 1 aromatic heterocycles. The predicted molar refractivity (Wildman–Crippen MR) is 84.0 cm³/mol. The summed E-state index contributed by atoms with van der Waals surface area (Å²) in [6.07, 6.45) is 1.75. The van der Waals surface area contributed by atoms with Gasteiger partial charge in [0.1, 0.15) is 17.3 Å². The molecule has 0 bridgehead atoms. The molecule has 0 spiro atoms. The first kappa shape index (κ1) is 13.1. The number of aryl methyl sites for hydroxylation is 1. The molecule has 3 rings (SSSR count). The number of nitrogens with zero attached hydrogens (tertiary/aromatic N) is 1. The number of hydrogen-bond acceptors (Lipinski definition) is 3. The summed E-state index contributed by atoms with van der Waals surface area (Å²) in [5.41, 5.74) is 8.11. The van der Waals surface area contributed by atoms with E-state index in [1.165, 1.54) is 0 Å². The summed E-state index contributed by atoms with van der Waals surface area (Å²) in [4.78, 5) is 4.31. The van der Waals surface area contributed by atoms with Crippen LogP contribution in [0.25, 0.3) is 10.9 Å². The molecule has 0 fully saturated rings. The third-order valence-electron chi connectivity index (χ3n) is 3.23. The maximum atomic E-state index is 7.66. The van der Waals surface area contributed by atoms with Gasteiger partial charge in [0.15, 0.2) is 0 Å². The summed E-state index contributed by atoms with van der Waals surface area (Å²) in [7, 11) is 0. The van der Waals surface area contributed by atoms with Gasteiger partial charge in [-0.2, -0.15) is 0 Å². The SMILES string of the molecule is Cc1ccc(Oc2ccc3cccnc3c2)c(C(=N)N)c1. The Balaban J connectivity index is 2.00. The molecule has 0 saturated heterocycles. The lowest BCUT2D eigenvalue weighted by molar-refractivity contribution is 0.482. The summed E-state index contributed by atoms with van der Waals surface area (Å²) < 4.78 is 5.87. The number of ether oxygens (including phenoxy) is 1. The van der Waals surface area contributed by atoms with Crippen LogP contribution < -0.4 is 10.5 Å². The second-order valence-corrected chi connectivity index (χ2v) is 4.87. The smallest absolute Gasteiger partial charge is 0.138 e. The van der Waals surface area contributed by atoms with E-state index in [0.29, 0.717) is 17.1 Å². The molecule has 2 aromatic carbocycles. The average molecular weight is 277 g/mol. The summed E-state index contributed by atoms with van der Waals surface area (Å²) in [5.74, 6) is 1.24. The van der Waals surface area contributed by atoms with E-state index in [2.05, 4.69) is 4.98 Å². The van der Waals surface area contributed by atoms with Crippen molar-refractivity contribution in [3.63, 3.8) is 0 Å². The van der Waals surface area contributed by atoms with Gasteiger partial charge in [0.25, 0.3) is 0 Å². The molecule has 0 saturated carbocycles. The zero-order valence-electron chi connectivity index (χ0n) is 11.6. The molecule has 21 heavy (non-hydrogen) atoms. The van der Waals surface area contributed by atoms with Gasteiger partial charge >= 0.3 is 0 Å². The molecular weight excluding hydrogens is 262 g/mol. The lowest BCUT2D eigenvalue weighted by atomic mass is 10.1. The number of pyridine rings is 1. The quantitative estimate of drug-likeness (QED) is 0.567. The van der Waals surface area contributed by atoms with Gasteiger partial charge in [-0.1, -0.05) is 17.7 Å². The van der Waals surface area contributed by atoms with Gasteiger partial charge < -0.3 is 10.5 Å². The fourth-order valence-corrected chi connectivity index (χ4v) is 2.18. The zero-order valence-corrected chi connectivity index (χ0v) is 11.6. The van der Waals surface area contributed by atoms with E-state index in [-0.39, 0.29) is 5.84 Å². The van der Waals surface area contributed by atoms with Crippen molar-refractivity contribution in [2.24, 2.45) is 5.73 Å². The maximum absolute atomic E-state index is 7.66. The molecule has 0 atom stereocenters. The summed E-state index contributed by atoms with van der Waals surface area (Å²) in [5, 5.41) is 8.71. The number of rotatable bonds is 3. The van der Waals surface area contributed by atoms with Gasteiger partial charge in [-0.15, -0.1) is 0 Å². The number of nitrogens with two attached hydrogens (primary N) is 1. The van der Waals surface area contributed by atoms with Crippen LogP contribution in [0.4, 0.5) is 0 Å². The molecule has 0 aliphatic heterocycles. The Bertz CT molecular complexity index is 827. The third-order valence-corrected chi connectivity index (χ3v) is 3.23. The Kier molecular flexibility index (Phi) is 3.28. The molecular formula is C17H15N3O. The molecule has 0 aliphatic rings. The fourth-order valence-electron chi connectivity index (χ4n) is 2.18. The number of aromatic nitrogens is 1. The number of amidine groups is 1. The topological polar surface area (TPSA) is 72.0 Å². The molecule has 104 valence electrons. The van der Waals surface area contributed by atoms with E-state index in [1.54, 1.807) is 6.20 Å². The highest BCUT2D eigenvalue weighted by atomic mass is 16.5. The highest BCUT2D eigenvalue weighted by Gasteiger charge is 2.08. The first-order chi connectivity index (χ1) is 10.1. The van der Waals surface area contributed by atoms with Crippen LogP contribution in [0.2, 0.25) is 0 Å². The monoisotopic (exact) mass is 277 g/mol. The highest BCUT2D eigenvalue weighted by molar-refractivity contribution is 5.98. The summed E-state index contributed by atoms with van der Waals surface area (Å²) in [6.45, 7) is 1.95. The van der Waals surface area contributed by atoms with Crippen molar-refractivity contribution in [2.45, 2.75) is 6.92 Å². The van der Waals surface area contributed by atoms with Crippen molar-refractivity contribution in [2.75, 3.05) is 0 Å². The minimum absolute atomic E-state index is 0.00684. The maximum Gasteiger partial charge on any atom is 0.138 e. The minimum Gasteiger partial charge on any atom is -0.457 e. The number of nitrogen functional groups attached to an aromatic ring is 1. The van der Waals surface area contributed by atoms with Crippen LogP contribution in [-0.4, -0.2) is 10.8 Å². The first-order valence-corrected chi connectivity index (χ1v) is 6.61. The van der Waals surface area contributed by atoms with E-state index >= 15 is 0 Å². The van der Waals surface area contributed by atoms with Crippen LogP contribution in [0.1, 0.15) is 11.1 Å². The van der Waals surface area contributed by atoms with E-state index in [4.69, 9.17) is 15.9 Å². The number of nitrogens with one attached hydrogen (secondary N) is 1. The molecule has 4 nitrogen and oxygen atoms in total. The predicted octanol–water partition coefficient (Wildman–Crippen LogP) is 3.62. The van der Waals surface area contributed by atoms with Crippen LogP contribution in [0.3, 0.4) is 0 Å². The van der Waals surface area contributed by atoms with Crippen LogP contribution in [0.15, 0.2) is 54.7 Å². The van der Waals surface area contributed by atoms with Gasteiger partial charge in [-0.3, -0.25) is 10.4 Å². The first-order valence-electron chi connectivity index (χ1n) is 6.61. The highest BCUT2D eigenvalue weighted by Crippen LogP contribution is 2.28. The summed E-state index contributed by atoms with van der Waals surface area (Å²) in [6, 6.07) is 15.2. The van der Waals surface area contributed by atoms with Crippen LogP contribution >= 0.6 is 0 Å². The Morgan fingerprint density at radius 1 is 1.14 bits per heavy atom. The van der Waals surface area contributed by atoms with Gasteiger partial charge in [0, 0.05) is 17.6 Å². The van der Waals surface area contributed by atoms with Gasteiger partial charge in [0.05, 0.1) is 11.1 Å². The van der Waals surface area contributed by atoms with Crippen molar-refractivity contribution < 1.29 is 4.74 Å². The number of fused-ring (bicyclic) bond motifs is 1. The number of hydrogen-bond donors (Lipinski definition) is 2. The summed E-state index contributed by atoms with van der Waals surface area (Å²) >= 11 is 0. The van der Waals surface area contributed by atoms with Crippen LogP contribution in [0.5, 0.6) is 11.5 Å². The van der Waals surface area contributed by atoms with E-state index < -0.39 is 0 Å². The van der Waals surface area contributed by atoms with Gasteiger partial charge in [-0.25, -0.2) is 0 Å². The molecule has 0 amide bonds. The molecule has 4 heteroatoms. The van der Waals surface area contributed by atoms with Crippen molar-refractivity contribution in [1.82, 2.24) is 4.98 Å². The molecule has 3 aromatic rings. The van der Waals surface area contributed by atoms with E-state index in [0.717, 1.165) is 16.5 Å². The lowest BCUT2D eigenvalue weighted by Gasteiger charge is -2.11. The molecule has 0 aliphatic carbocycles. The van der Waals surface area contributed by atoms with E-state index in [9.17, 15) is 0 Å². The third kappa shape index (κ3) is 2.69. The Hall–Kier alpha value is -2.88. The van der Waals surface area contributed by atoms with Crippen molar-refractivity contribution >= 4 is 16.7 Å². The fraction of sp³-hybridized carbons (Fsp3) is 0.0588. The van der Waals surface area contributed by atoms with Crippen molar-refractivity contribution in [3.8, 4) is 11.5 Å².